The van der Waals surface area contributed by atoms with Crippen LogP contribution in [0.25, 0.3) is 28.2 Å². The molecule has 0 aliphatic carbocycles. The van der Waals surface area contributed by atoms with Crippen LogP contribution in [0.15, 0.2) is 59.4 Å². The molecule has 6 nitrogen and oxygen atoms in total. The zero-order valence-corrected chi connectivity index (χ0v) is 14.9. The molecule has 0 atom stereocenters. The first-order chi connectivity index (χ1) is 13.0. The molecule has 4 rings (SSSR count). The summed E-state index contributed by atoms with van der Waals surface area (Å²) in [6.07, 6.45) is 0. The summed E-state index contributed by atoms with van der Waals surface area (Å²) in [5, 5.41) is 13.7. The quantitative estimate of drug-likeness (QED) is 0.584. The summed E-state index contributed by atoms with van der Waals surface area (Å²) in [6, 6.07) is 15.8. The molecule has 0 fully saturated rings. The zero-order chi connectivity index (χ0) is 19.1. The number of H-pyrrole nitrogens is 1. The smallest absolute Gasteiger partial charge is 0.335 e. The van der Waals surface area contributed by atoms with Gasteiger partial charge in [0.25, 0.3) is 5.56 Å². The van der Waals surface area contributed by atoms with Crippen LogP contribution in [0.3, 0.4) is 0 Å². The summed E-state index contributed by atoms with van der Waals surface area (Å²) in [6.45, 7) is 3.92. The first-order valence-corrected chi connectivity index (χ1v) is 8.48. The van der Waals surface area contributed by atoms with Gasteiger partial charge in [0.05, 0.1) is 17.0 Å². The van der Waals surface area contributed by atoms with Crippen LogP contribution in [-0.2, 0) is 0 Å². The Kier molecular flexibility index (Phi) is 3.88. The number of aromatic nitrogens is 3. The van der Waals surface area contributed by atoms with Crippen LogP contribution in [0.5, 0.6) is 0 Å². The van der Waals surface area contributed by atoms with Crippen molar-refractivity contribution in [2.45, 2.75) is 13.8 Å². The van der Waals surface area contributed by atoms with Crippen LogP contribution < -0.4 is 5.56 Å². The Labute approximate surface area is 154 Å². The number of aryl methyl sites for hydroxylation is 2. The van der Waals surface area contributed by atoms with Gasteiger partial charge >= 0.3 is 5.97 Å². The molecule has 0 radical (unpaired) electrons. The Hall–Kier alpha value is -3.67. The van der Waals surface area contributed by atoms with Crippen molar-refractivity contribution in [3.05, 3.63) is 81.6 Å². The fourth-order valence-corrected chi connectivity index (χ4v) is 3.22. The molecule has 0 aliphatic heterocycles. The Morgan fingerprint density at radius 1 is 1.07 bits per heavy atom. The van der Waals surface area contributed by atoms with Crippen LogP contribution in [-0.4, -0.2) is 25.7 Å². The first-order valence-electron chi connectivity index (χ1n) is 8.48. The highest BCUT2D eigenvalue weighted by Crippen LogP contribution is 2.27. The molecule has 4 aromatic rings. The van der Waals surface area contributed by atoms with Crippen molar-refractivity contribution >= 4 is 11.6 Å². The minimum absolute atomic E-state index is 0.166. The SMILES string of the molecule is Cc1ccccc1-c1nn2c(=O)cc(-c3cccc(C(=O)O)c3)[nH]c2c1C. The van der Waals surface area contributed by atoms with Gasteiger partial charge in [0.2, 0.25) is 0 Å². The molecule has 2 aromatic heterocycles. The van der Waals surface area contributed by atoms with Crippen molar-refractivity contribution < 1.29 is 9.90 Å². The van der Waals surface area contributed by atoms with Crippen LogP contribution >= 0.6 is 0 Å². The number of rotatable bonds is 3. The molecule has 0 amide bonds. The highest BCUT2D eigenvalue weighted by Gasteiger charge is 2.16. The van der Waals surface area contributed by atoms with Gasteiger partial charge in [0.1, 0.15) is 5.65 Å². The predicted octanol–water partition coefficient (Wildman–Crippen LogP) is 3.67. The topological polar surface area (TPSA) is 87.5 Å². The normalized spacial score (nSPS) is 11.0. The summed E-state index contributed by atoms with van der Waals surface area (Å²) >= 11 is 0. The number of carboxylic acids is 1. The van der Waals surface area contributed by atoms with E-state index in [2.05, 4.69) is 10.1 Å². The van der Waals surface area contributed by atoms with E-state index in [0.717, 1.165) is 22.4 Å². The summed E-state index contributed by atoms with van der Waals surface area (Å²) in [5.74, 6) is -1.01. The van der Waals surface area contributed by atoms with E-state index >= 15 is 0 Å². The minimum atomic E-state index is -1.01. The van der Waals surface area contributed by atoms with Crippen molar-refractivity contribution in [1.82, 2.24) is 14.6 Å². The minimum Gasteiger partial charge on any atom is -0.478 e. The van der Waals surface area contributed by atoms with Crippen LogP contribution in [0.4, 0.5) is 0 Å². The first kappa shape index (κ1) is 16.8. The average Bonchev–Trinajstić information content (AvgIpc) is 2.99. The van der Waals surface area contributed by atoms with E-state index in [1.54, 1.807) is 12.1 Å². The van der Waals surface area contributed by atoms with Gasteiger partial charge in [0.15, 0.2) is 0 Å². The van der Waals surface area contributed by atoms with Gasteiger partial charge < -0.3 is 10.1 Å². The van der Waals surface area contributed by atoms with Gasteiger partial charge in [-0.25, -0.2) is 4.79 Å². The Bertz CT molecular complexity index is 1250. The molecule has 2 N–H and O–H groups in total. The Morgan fingerprint density at radius 3 is 2.59 bits per heavy atom. The van der Waals surface area contributed by atoms with E-state index in [1.807, 2.05) is 38.1 Å². The third kappa shape index (κ3) is 2.81. The van der Waals surface area contributed by atoms with Crippen LogP contribution in [0, 0.1) is 13.8 Å². The highest BCUT2D eigenvalue weighted by atomic mass is 16.4. The largest absolute Gasteiger partial charge is 0.478 e. The van der Waals surface area contributed by atoms with Gasteiger partial charge in [-0.1, -0.05) is 36.4 Å². The molecule has 0 unspecified atom stereocenters. The van der Waals surface area contributed by atoms with Crippen molar-refractivity contribution in [3.8, 4) is 22.5 Å². The summed E-state index contributed by atoms with van der Waals surface area (Å²) in [4.78, 5) is 27.1. The third-order valence-electron chi connectivity index (χ3n) is 4.67. The molecule has 0 bridgehead atoms. The number of carbonyl (C=O) groups is 1. The monoisotopic (exact) mass is 359 g/mol. The number of aromatic carboxylic acids is 1. The number of carboxylic acid groups (broad SMARTS) is 1. The Balaban J connectivity index is 1.94. The molecule has 2 aromatic carbocycles. The predicted molar refractivity (Wildman–Crippen MR) is 103 cm³/mol. The number of nitrogens with zero attached hydrogens (tertiary/aromatic N) is 2. The van der Waals surface area contributed by atoms with Gasteiger partial charge in [-0.2, -0.15) is 9.61 Å². The van der Waals surface area contributed by atoms with Gasteiger partial charge in [0, 0.05) is 17.2 Å². The average molecular weight is 359 g/mol. The molecule has 0 aliphatic rings. The van der Waals surface area contributed by atoms with Crippen LogP contribution in [0.2, 0.25) is 0 Å². The summed E-state index contributed by atoms with van der Waals surface area (Å²) in [5.41, 5.74) is 5.32. The second kappa shape index (κ2) is 6.25. The summed E-state index contributed by atoms with van der Waals surface area (Å²) < 4.78 is 1.35. The van der Waals surface area contributed by atoms with E-state index < -0.39 is 5.97 Å². The molecule has 134 valence electrons. The molecular weight excluding hydrogens is 342 g/mol. The van der Waals surface area contributed by atoms with Crippen molar-refractivity contribution in [2.75, 3.05) is 0 Å². The maximum atomic E-state index is 12.6. The third-order valence-corrected chi connectivity index (χ3v) is 4.67. The lowest BCUT2D eigenvalue weighted by Crippen LogP contribution is -2.14. The molecule has 2 heterocycles. The fraction of sp³-hybridized carbons (Fsp3) is 0.0952. The second-order valence-electron chi connectivity index (χ2n) is 6.46. The number of fused-ring (bicyclic) bond motifs is 1. The van der Waals surface area contributed by atoms with Gasteiger partial charge in [-0.3, -0.25) is 4.79 Å². The lowest BCUT2D eigenvalue weighted by atomic mass is 10.0. The maximum Gasteiger partial charge on any atom is 0.335 e. The van der Waals surface area contributed by atoms with E-state index in [-0.39, 0.29) is 11.1 Å². The number of hydrogen-bond acceptors (Lipinski definition) is 3. The summed E-state index contributed by atoms with van der Waals surface area (Å²) in [7, 11) is 0. The van der Waals surface area contributed by atoms with E-state index in [1.165, 1.54) is 22.7 Å². The maximum absolute atomic E-state index is 12.6. The molecular formula is C21H17N3O3. The van der Waals surface area contributed by atoms with Gasteiger partial charge in [-0.15, -0.1) is 0 Å². The van der Waals surface area contributed by atoms with Gasteiger partial charge in [-0.05, 0) is 37.1 Å². The van der Waals surface area contributed by atoms with Crippen molar-refractivity contribution in [1.29, 1.82) is 0 Å². The molecule has 0 saturated carbocycles. The Morgan fingerprint density at radius 2 is 1.85 bits per heavy atom. The fourth-order valence-electron chi connectivity index (χ4n) is 3.22. The van der Waals surface area contributed by atoms with Crippen LogP contribution in [0.1, 0.15) is 21.5 Å². The standard InChI is InChI=1S/C21H17N3O3/c1-12-6-3-4-9-16(12)19-13(2)20-22-17(11-18(25)24(20)23-19)14-7-5-8-15(10-14)21(26)27/h3-11,22H,1-2H3,(H,26,27). The lowest BCUT2D eigenvalue weighted by Gasteiger charge is -2.05. The molecule has 0 spiro atoms. The second-order valence-corrected chi connectivity index (χ2v) is 6.46. The highest BCUT2D eigenvalue weighted by molar-refractivity contribution is 5.89. The number of aromatic amines is 1. The molecule has 27 heavy (non-hydrogen) atoms. The number of hydrogen-bond donors (Lipinski definition) is 2. The molecule has 0 saturated heterocycles. The lowest BCUT2D eigenvalue weighted by molar-refractivity contribution is 0.0697. The van der Waals surface area contributed by atoms with E-state index in [0.29, 0.717) is 16.9 Å². The van der Waals surface area contributed by atoms with Crippen molar-refractivity contribution in [3.63, 3.8) is 0 Å². The zero-order valence-electron chi connectivity index (χ0n) is 14.9. The van der Waals surface area contributed by atoms with Crippen molar-refractivity contribution in [2.24, 2.45) is 0 Å². The van der Waals surface area contributed by atoms with E-state index in [4.69, 9.17) is 0 Å². The molecule has 6 heteroatoms. The van der Waals surface area contributed by atoms with E-state index in [9.17, 15) is 14.7 Å². The number of benzene rings is 2. The number of nitrogens with one attached hydrogen (secondary N) is 1.